The first-order valence-corrected chi connectivity index (χ1v) is 9.89. The summed E-state index contributed by atoms with van der Waals surface area (Å²) in [5, 5.41) is 19.0. The predicted octanol–water partition coefficient (Wildman–Crippen LogP) is 3.43. The van der Waals surface area contributed by atoms with E-state index in [4.69, 9.17) is 4.74 Å². The lowest BCUT2D eigenvalue weighted by atomic mass is 10.1. The number of hydrogen-bond donors (Lipinski definition) is 1. The van der Waals surface area contributed by atoms with Crippen molar-refractivity contribution in [3.63, 3.8) is 0 Å². The van der Waals surface area contributed by atoms with Gasteiger partial charge in [-0.25, -0.2) is 4.79 Å². The molecular weight excluding hydrogens is 350 g/mol. The highest BCUT2D eigenvalue weighted by Gasteiger charge is 2.25. The first-order chi connectivity index (χ1) is 12.7. The molecule has 0 unspecified atom stereocenters. The van der Waals surface area contributed by atoms with Crippen LogP contribution in [0, 0.1) is 0 Å². The van der Waals surface area contributed by atoms with E-state index < -0.39 is 5.97 Å². The number of unbranched alkanes of at least 4 members (excludes halogenated alkanes) is 1. The number of aromatic nitrogens is 5. The summed E-state index contributed by atoms with van der Waals surface area (Å²) in [5.74, 6) is 0.302. The van der Waals surface area contributed by atoms with Crippen molar-refractivity contribution >= 4 is 28.3 Å². The Bertz CT molecular complexity index is 915. The van der Waals surface area contributed by atoms with Gasteiger partial charge in [-0.15, -0.1) is 15.3 Å². The number of nitrogens with zero attached hydrogens (tertiary/aromatic N) is 4. The summed E-state index contributed by atoms with van der Waals surface area (Å²) in [6.45, 7) is 2.13. The molecule has 136 valence electrons. The summed E-state index contributed by atoms with van der Waals surface area (Å²) in [6.07, 6.45) is 6.21. The van der Waals surface area contributed by atoms with Gasteiger partial charge in [0.15, 0.2) is 5.65 Å². The topological polar surface area (TPSA) is 93.7 Å². The van der Waals surface area contributed by atoms with Crippen LogP contribution in [0.4, 0.5) is 0 Å². The van der Waals surface area contributed by atoms with E-state index in [2.05, 4.69) is 37.5 Å². The second kappa shape index (κ2) is 7.49. The fourth-order valence-electron chi connectivity index (χ4n) is 2.94. The fraction of sp³-hybridized carbons (Fsp3) is 0.500. The van der Waals surface area contributed by atoms with E-state index in [9.17, 15) is 4.79 Å². The number of nitrogens with one attached hydrogen (secondary N) is 1. The van der Waals surface area contributed by atoms with Crippen molar-refractivity contribution in [2.75, 3.05) is 6.61 Å². The lowest BCUT2D eigenvalue weighted by molar-refractivity contribution is 0.0525. The summed E-state index contributed by atoms with van der Waals surface area (Å²) >= 11 is 1.31. The van der Waals surface area contributed by atoms with Crippen molar-refractivity contribution < 1.29 is 9.53 Å². The van der Waals surface area contributed by atoms with E-state index in [0.29, 0.717) is 17.5 Å². The van der Waals surface area contributed by atoms with Gasteiger partial charge in [-0.1, -0.05) is 11.3 Å². The third-order valence-electron chi connectivity index (χ3n) is 4.46. The van der Waals surface area contributed by atoms with Crippen molar-refractivity contribution in [3.05, 3.63) is 33.5 Å². The monoisotopic (exact) mass is 371 g/mol. The molecule has 0 radical (unpaired) electrons. The maximum Gasteiger partial charge on any atom is 0.369 e. The fourth-order valence-corrected chi connectivity index (χ4v) is 3.72. The Morgan fingerprint density at radius 3 is 2.85 bits per heavy atom. The normalized spacial score (nSPS) is 14.0. The van der Waals surface area contributed by atoms with Crippen molar-refractivity contribution in [2.24, 2.45) is 0 Å². The quantitative estimate of drug-likeness (QED) is 0.482. The molecule has 8 heteroatoms. The molecule has 1 aliphatic carbocycles. The summed E-state index contributed by atoms with van der Waals surface area (Å²) < 4.78 is 4.93. The summed E-state index contributed by atoms with van der Waals surface area (Å²) in [5.41, 5.74) is 3.19. The average Bonchev–Trinajstić information content (AvgIpc) is 3.23. The molecule has 0 atom stereocenters. The Kier molecular flexibility index (Phi) is 4.92. The standard InChI is InChI=1S/C18H21N5O2S/c1-2-25-18(24)17-23-21-15(26-17)6-4-3-5-13-9-12-10-14(11-7-8-11)19-16(12)22-20-13/h9-11H,2-8H2,1H3,(H,19,22). The van der Waals surface area contributed by atoms with Crippen LogP contribution in [0.2, 0.25) is 0 Å². The molecule has 1 saturated carbocycles. The Morgan fingerprint density at radius 2 is 2.04 bits per heavy atom. The highest BCUT2D eigenvalue weighted by Crippen LogP contribution is 2.40. The zero-order chi connectivity index (χ0) is 17.9. The molecule has 3 aromatic rings. The molecule has 0 bridgehead atoms. The largest absolute Gasteiger partial charge is 0.461 e. The van der Waals surface area contributed by atoms with Crippen LogP contribution >= 0.6 is 11.3 Å². The maximum absolute atomic E-state index is 11.6. The van der Waals surface area contributed by atoms with Crippen LogP contribution in [0.3, 0.4) is 0 Å². The lowest BCUT2D eigenvalue weighted by Gasteiger charge is -1.99. The van der Waals surface area contributed by atoms with Crippen LogP contribution < -0.4 is 0 Å². The first kappa shape index (κ1) is 17.1. The van der Waals surface area contributed by atoms with Gasteiger partial charge in [0.05, 0.1) is 12.3 Å². The molecule has 7 nitrogen and oxygen atoms in total. The molecule has 0 aromatic carbocycles. The van der Waals surface area contributed by atoms with E-state index in [0.717, 1.165) is 47.4 Å². The van der Waals surface area contributed by atoms with Crippen molar-refractivity contribution in [1.82, 2.24) is 25.4 Å². The van der Waals surface area contributed by atoms with Crippen molar-refractivity contribution in [3.8, 4) is 0 Å². The Morgan fingerprint density at radius 1 is 1.19 bits per heavy atom. The van der Waals surface area contributed by atoms with E-state index >= 15 is 0 Å². The lowest BCUT2D eigenvalue weighted by Crippen LogP contribution is -2.03. The summed E-state index contributed by atoms with van der Waals surface area (Å²) in [7, 11) is 0. The molecule has 3 heterocycles. The highest BCUT2D eigenvalue weighted by molar-refractivity contribution is 7.13. The molecule has 0 amide bonds. The minimum absolute atomic E-state index is 0.331. The van der Waals surface area contributed by atoms with Gasteiger partial charge in [0.1, 0.15) is 5.01 Å². The van der Waals surface area contributed by atoms with E-state index in [1.165, 1.54) is 29.9 Å². The minimum atomic E-state index is -0.392. The molecule has 1 fully saturated rings. The van der Waals surface area contributed by atoms with Crippen LogP contribution in [-0.2, 0) is 17.6 Å². The van der Waals surface area contributed by atoms with Gasteiger partial charge in [-0.05, 0) is 57.1 Å². The number of ether oxygens (including phenoxy) is 1. The highest BCUT2D eigenvalue weighted by atomic mass is 32.1. The SMILES string of the molecule is CCOC(=O)c1nnc(CCCCc2cc3cc(C4CC4)[nH]c3nn2)s1. The first-order valence-electron chi connectivity index (χ1n) is 9.07. The van der Waals surface area contributed by atoms with E-state index in [1.54, 1.807) is 6.92 Å². The number of hydrogen-bond acceptors (Lipinski definition) is 7. The van der Waals surface area contributed by atoms with Gasteiger partial charge in [0.25, 0.3) is 0 Å². The number of carbonyl (C=O) groups excluding carboxylic acids is 1. The van der Waals surface area contributed by atoms with Gasteiger partial charge in [-0.2, -0.15) is 5.10 Å². The van der Waals surface area contributed by atoms with Crippen LogP contribution in [0.15, 0.2) is 12.1 Å². The Balaban J connectivity index is 1.28. The third kappa shape index (κ3) is 3.90. The third-order valence-corrected chi connectivity index (χ3v) is 5.42. The number of esters is 1. The Hall–Kier alpha value is -2.35. The van der Waals surface area contributed by atoms with E-state index in [-0.39, 0.29) is 0 Å². The molecule has 4 rings (SSSR count). The zero-order valence-corrected chi connectivity index (χ0v) is 15.5. The average molecular weight is 371 g/mol. The molecule has 0 saturated heterocycles. The summed E-state index contributed by atoms with van der Waals surface area (Å²) in [4.78, 5) is 15.0. The minimum Gasteiger partial charge on any atom is -0.461 e. The summed E-state index contributed by atoms with van der Waals surface area (Å²) in [6, 6.07) is 4.35. The van der Waals surface area contributed by atoms with Crippen molar-refractivity contribution in [2.45, 2.75) is 51.4 Å². The van der Waals surface area contributed by atoms with Crippen molar-refractivity contribution in [1.29, 1.82) is 0 Å². The molecule has 0 aliphatic heterocycles. The van der Waals surface area contributed by atoms with Gasteiger partial charge in [-0.3, -0.25) is 0 Å². The van der Waals surface area contributed by atoms with Gasteiger partial charge in [0, 0.05) is 17.5 Å². The molecule has 26 heavy (non-hydrogen) atoms. The van der Waals surface area contributed by atoms with E-state index in [1.807, 2.05) is 0 Å². The van der Waals surface area contributed by atoms with Crippen LogP contribution in [0.25, 0.3) is 11.0 Å². The predicted molar refractivity (Wildman–Crippen MR) is 98.4 cm³/mol. The maximum atomic E-state index is 11.6. The Labute approximate surface area is 155 Å². The smallest absolute Gasteiger partial charge is 0.369 e. The number of aryl methyl sites for hydroxylation is 2. The van der Waals surface area contributed by atoms with Gasteiger partial charge < -0.3 is 9.72 Å². The number of fused-ring (bicyclic) bond motifs is 1. The van der Waals surface area contributed by atoms with Crippen LogP contribution in [-0.4, -0.2) is 38.0 Å². The molecule has 1 N–H and O–H groups in total. The van der Waals surface area contributed by atoms with Crippen LogP contribution in [0.5, 0.6) is 0 Å². The van der Waals surface area contributed by atoms with Crippen LogP contribution in [0.1, 0.15) is 64.7 Å². The number of aromatic amines is 1. The molecular formula is C18H21N5O2S. The number of H-pyrrole nitrogens is 1. The number of rotatable bonds is 8. The molecule has 0 spiro atoms. The second-order valence-corrected chi connectivity index (χ2v) is 7.63. The number of carbonyl (C=O) groups is 1. The van der Waals surface area contributed by atoms with Gasteiger partial charge in [0.2, 0.25) is 5.01 Å². The molecule has 1 aliphatic rings. The second-order valence-electron chi connectivity index (χ2n) is 6.57. The molecule has 3 aromatic heterocycles. The van der Waals surface area contributed by atoms with Gasteiger partial charge >= 0.3 is 5.97 Å². The zero-order valence-electron chi connectivity index (χ0n) is 14.7.